The summed E-state index contributed by atoms with van der Waals surface area (Å²) >= 11 is 5.60. The molecule has 0 atom stereocenters. The van der Waals surface area contributed by atoms with E-state index < -0.39 is 27.7 Å². The maximum absolute atomic E-state index is 13.9. The Morgan fingerprint density at radius 3 is 2.06 bits per heavy atom. The van der Waals surface area contributed by atoms with Crippen LogP contribution in [0.1, 0.15) is 63.1 Å². The highest BCUT2D eigenvalue weighted by Gasteiger charge is 2.28. The molecule has 0 aliphatic rings. The second kappa shape index (κ2) is 14.0. The Morgan fingerprint density at radius 2 is 1.44 bits per heavy atom. The molecule has 6 rings (SSSR count). The summed E-state index contributed by atoms with van der Waals surface area (Å²) in [6, 6.07) is 21.8. The molecule has 0 spiro atoms. The molecule has 0 N–H and O–H groups in total. The molecule has 11 heteroatoms. The highest BCUT2D eigenvalue weighted by Crippen LogP contribution is 2.48. The van der Waals surface area contributed by atoms with Crippen LogP contribution in [-0.2, 0) is 14.9 Å². The summed E-state index contributed by atoms with van der Waals surface area (Å²) in [7, 11) is -2.99. The van der Waals surface area contributed by atoms with Crippen LogP contribution in [0, 0.1) is 27.7 Å². The lowest BCUT2D eigenvalue weighted by molar-refractivity contribution is 0.00666. The van der Waals surface area contributed by atoms with Crippen molar-refractivity contribution in [1.29, 1.82) is 0 Å². The second-order valence-corrected chi connectivity index (χ2v) is 17.0. The number of rotatable bonds is 8. The number of ether oxygens (including phenoxy) is 3. The van der Waals surface area contributed by atoms with Gasteiger partial charge in [-0.3, -0.25) is 0 Å². The SMILES string of the molecule is COc1ccc(C(=O)Oc2cc(S(=O)(=O)Oc3c(C)cc(-c4c5ccccc5c(Br)c5sc(C)c(C)c45)cc3C)ccc2C(=O)OC(C)(C)C)cc1. The highest BCUT2D eigenvalue weighted by atomic mass is 79.9. The van der Waals surface area contributed by atoms with Crippen LogP contribution >= 0.6 is 27.3 Å². The molecular formula is C41H37BrO8S2. The summed E-state index contributed by atoms with van der Waals surface area (Å²) in [6.45, 7) is 12.9. The number of fused-ring (bicyclic) bond motifs is 2. The van der Waals surface area contributed by atoms with Crippen molar-refractivity contribution < 1.29 is 36.4 Å². The van der Waals surface area contributed by atoms with E-state index in [1.165, 1.54) is 41.8 Å². The van der Waals surface area contributed by atoms with Crippen LogP contribution in [0.15, 0.2) is 88.2 Å². The Morgan fingerprint density at radius 1 is 0.808 bits per heavy atom. The zero-order valence-electron chi connectivity index (χ0n) is 30.0. The lowest BCUT2D eigenvalue weighted by atomic mass is 9.91. The van der Waals surface area contributed by atoms with E-state index in [1.807, 2.05) is 24.3 Å². The number of carbonyl (C=O) groups excluding carboxylic acids is 2. The van der Waals surface area contributed by atoms with E-state index in [1.54, 1.807) is 58.1 Å². The van der Waals surface area contributed by atoms with Gasteiger partial charge in [0.2, 0.25) is 0 Å². The van der Waals surface area contributed by atoms with Gasteiger partial charge >= 0.3 is 22.1 Å². The average Bonchev–Trinajstić information content (AvgIpc) is 3.39. The average molecular weight is 802 g/mol. The largest absolute Gasteiger partial charge is 0.497 e. The molecule has 0 bridgehead atoms. The Balaban J connectivity index is 1.39. The Labute approximate surface area is 315 Å². The van der Waals surface area contributed by atoms with Crippen molar-refractivity contribution in [3.8, 4) is 28.4 Å². The van der Waals surface area contributed by atoms with Gasteiger partial charge in [-0.1, -0.05) is 24.3 Å². The molecule has 52 heavy (non-hydrogen) atoms. The first kappa shape index (κ1) is 37.1. The lowest BCUT2D eigenvalue weighted by Gasteiger charge is -2.21. The normalized spacial score (nSPS) is 11.9. The molecule has 0 unspecified atom stereocenters. The quantitative estimate of drug-likeness (QED) is 0.0851. The van der Waals surface area contributed by atoms with Crippen LogP contribution in [0.5, 0.6) is 17.2 Å². The molecule has 0 saturated heterocycles. The number of methoxy groups -OCH3 is 1. The Bertz CT molecular complexity index is 2490. The topological polar surface area (TPSA) is 105 Å². The zero-order valence-corrected chi connectivity index (χ0v) is 33.2. The van der Waals surface area contributed by atoms with Crippen molar-refractivity contribution in [1.82, 2.24) is 0 Å². The maximum atomic E-state index is 13.9. The third-order valence-electron chi connectivity index (χ3n) is 8.60. The summed E-state index contributed by atoms with van der Waals surface area (Å²) in [5, 5.41) is 3.31. The van der Waals surface area contributed by atoms with Gasteiger partial charge in [-0.15, -0.1) is 11.3 Å². The molecule has 0 radical (unpaired) electrons. The molecule has 0 saturated carbocycles. The number of hydrogen-bond acceptors (Lipinski definition) is 9. The molecule has 0 aliphatic carbocycles. The van der Waals surface area contributed by atoms with E-state index in [9.17, 15) is 18.0 Å². The van der Waals surface area contributed by atoms with Gasteiger partial charge in [0.1, 0.15) is 33.3 Å². The summed E-state index contributed by atoms with van der Waals surface area (Å²) in [4.78, 5) is 27.2. The first-order valence-electron chi connectivity index (χ1n) is 16.4. The van der Waals surface area contributed by atoms with E-state index >= 15 is 0 Å². The van der Waals surface area contributed by atoms with Crippen LogP contribution in [0.3, 0.4) is 0 Å². The van der Waals surface area contributed by atoms with Crippen molar-refractivity contribution in [2.45, 2.75) is 59.0 Å². The number of aryl methyl sites for hydroxylation is 4. The van der Waals surface area contributed by atoms with E-state index in [-0.39, 0.29) is 27.5 Å². The highest BCUT2D eigenvalue weighted by molar-refractivity contribution is 9.11. The minimum atomic E-state index is -4.49. The van der Waals surface area contributed by atoms with Crippen LogP contribution in [0.25, 0.3) is 32.0 Å². The van der Waals surface area contributed by atoms with Gasteiger partial charge in [0.05, 0.1) is 17.4 Å². The minimum Gasteiger partial charge on any atom is -0.497 e. The van der Waals surface area contributed by atoms with Crippen molar-refractivity contribution >= 4 is 70.2 Å². The van der Waals surface area contributed by atoms with Crippen molar-refractivity contribution in [2.24, 2.45) is 0 Å². The van der Waals surface area contributed by atoms with Crippen LogP contribution < -0.4 is 13.7 Å². The van der Waals surface area contributed by atoms with Gasteiger partial charge in [0, 0.05) is 20.8 Å². The maximum Gasteiger partial charge on any atom is 0.343 e. The van der Waals surface area contributed by atoms with Gasteiger partial charge in [-0.2, -0.15) is 8.42 Å². The van der Waals surface area contributed by atoms with Gasteiger partial charge < -0.3 is 18.4 Å². The Kier molecular flexibility index (Phi) is 9.99. The second-order valence-electron chi connectivity index (χ2n) is 13.5. The third-order valence-corrected chi connectivity index (χ3v) is 12.1. The minimum absolute atomic E-state index is 0.126. The molecular weight excluding hydrogens is 764 g/mol. The molecule has 0 aliphatic heterocycles. The number of hydrogen-bond donors (Lipinski definition) is 0. The molecule has 8 nitrogen and oxygen atoms in total. The summed E-state index contributed by atoms with van der Waals surface area (Å²) in [5.74, 6) is -1.19. The molecule has 1 heterocycles. The van der Waals surface area contributed by atoms with Crippen molar-refractivity contribution in [3.05, 3.63) is 116 Å². The van der Waals surface area contributed by atoms with Gasteiger partial charge in [-0.05, 0) is 152 Å². The van der Waals surface area contributed by atoms with Gasteiger partial charge in [0.25, 0.3) is 0 Å². The number of esters is 2. The number of benzene rings is 5. The molecule has 1 aromatic heterocycles. The predicted molar refractivity (Wildman–Crippen MR) is 209 cm³/mol. The smallest absolute Gasteiger partial charge is 0.343 e. The number of carbonyl (C=O) groups is 2. The summed E-state index contributed by atoms with van der Waals surface area (Å²) in [5.41, 5.74) is 3.59. The number of halogens is 1. The first-order valence-corrected chi connectivity index (χ1v) is 19.4. The number of thiophene rings is 1. The van der Waals surface area contributed by atoms with Crippen molar-refractivity contribution in [3.63, 3.8) is 0 Å². The Hall–Kier alpha value is -4.71. The fraction of sp³-hybridized carbons (Fsp3) is 0.220. The molecule has 5 aromatic carbocycles. The fourth-order valence-electron chi connectivity index (χ4n) is 6.05. The standard InChI is InChI=1S/C41H37BrO8S2/c1-22-19-27(35-30-11-9-10-12-31(30)36(42)38-34(35)24(3)25(4)51-38)20-23(2)37(22)50-52(45,46)29-17-18-32(40(44)49-41(5,6)7)33(21-29)48-39(43)26-13-15-28(47-8)16-14-26/h9-21H,1-8H3. The summed E-state index contributed by atoms with van der Waals surface area (Å²) in [6.07, 6.45) is 0. The van der Waals surface area contributed by atoms with Crippen molar-refractivity contribution in [2.75, 3.05) is 7.11 Å². The van der Waals surface area contributed by atoms with Crippen LogP contribution in [0.2, 0.25) is 0 Å². The van der Waals surface area contributed by atoms with Gasteiger partial charge in [0.15, 0.2) is 0 Å². The first-order chi connectivity index (χ1) is 24.5. The molecule has 6 aromatic rings. The third kappa shape index (κ3) is 7.17. The van der Waals surface area contributed by atoms with E-state index in [2.05, 4.69) is 41.9 Å². The van der Waals surface area contributed by atoms with E-state index in [4.69, 9.17) is 18.4 Å². The predicted octanol–water partition coefficient (Wildman–Crippen LogP) is 10.7. The monoisotopic (exact) mass is 800 g/mol. The zero-order chi connectivity index (χ0) is 37.7. The van der Waals surface area contributed by atoms with E-state index in [0.717, 1.165) is 42.5 Å². The fourth-order valence-corrected chi connectivity index (χ4v) is 9.02. The molecule has 268 valence electrons. The molecule has 0 amide bonds. The summed E-state index contributed by atoms with van der Waals surface area (Å²) < 4.78 is 52.1. The molecule has 0 fully saturated rings. The lowest BCUT2D eigenvalue weighted by Crippen LogP contribution is -2.24. The van der Waals surface area contributed by atoms with Crippen LogP contribution in [-0.4, -0.2) is 33.1 Å². The van der Waals surface area contributed by atoms with Gasteiger partial charge in [-0.25, -0.2) is 9.59 Å². The van der Waals surface area contributed by atoms with Crippen LogP contribution in [0.4, 0.5) is 0 Å². The van der Waals surface area contributed by atoms with E-state index in [0.29, 0.717) is 16.9 Å².